The molecule has 1 heterocycles. The quantitative estimate of drug-likeness (QED) is 0.599. The number of hydrogen-bond donors (Lipinski definition) is 2. The van der Waals surface area contributed by atoms with Crippen LogP contribution in [0.3, 0.4) is 0 Å². The lowest BCUT2D eigenvalue weighted by molar-refractivity contribution is -0.385. The molecule has 114 valence electrons. The fraction of sp³-hybridized carbons (Fsp3) is 0.462. The molecule has 0 saturated carbocycles. The maximum absolute atomic E-state index is 12.0. The number of carbonyl (C=O) groups is 1. The first-order valence-electron chi connectivity index (χ1n) is 6.53. The van der Waals surface area contributed by atoms with Gasteiger partial charge in [-0.15, -0.1) is 0 Å². The van der Waals surface area contributed by atoms with Crippen molar-refractivity contribution in [1.82, 2.24) is 10.6 Å². The average molecular weight is 295 g/mol. The van der Waals surface area contributed by atoms with E-state index in [0.717, 1.165) is 6.54 Å². The van der Waals surface area contributed by atoms with Gasteiger partial charge < -0.3 is 20.1 Å². The molecule has 0 aromatic heterocycles. The van der Waals surface area contributed by atoms with Crippen LogP contribution in [0.5, 0.6) is 5.75 Å². The topological polar surface area (TPSA) is 103 Å². The normalized spacial score (nSPS) is 18.0. The molecular weight excluding hydrogens is 278 g/mol. The number of amides is 1. The zero-order valence-corrected chi connectivity index (χ0v) is 11.6. The summed E-state index contributed by atoms with van der Waals surface area (Å²) in [6.07, 6.45) is 0. The van der Waals surface area contributed by atoms with Gasteiger partial charge in [0.25, 0.3) is 5.91 Å². The molecule has 0 spiro atoms. The van der Waals surface area contributed by atoms with Gasteiger partial charge in [0.15, 0.2) is 5.75 Å². The Morgan fingerprint density at radius 1 is 1.62 bits per heavy atom. The number of benzene rings is 1. The van der Waals surface area contributed by atoms with Crippen molar-refractivity contribution < 1.29 is 19.2 Å². The van der Waals surface area contributed by atoms with Crippen molar-refractivity contribution in [2.75, 3.05) is 33.4 Å². The lowest BCUT2D eigenvalue weighted by Crippen LogP contribution is -2.48. The zero-order chi connectivity index (χ0) is 15.2. The van der Waals surface area contributed by atoms with Crippen LogP contribution in [0.15, 0.2) is 18.2 Å². The number of nitrogens with one attached hydrogen (secondary N) is 2. The summed E-state index contributed by atoms with van der Waals surface area (Å²) in [7, 11) is 1.33. The van der Waals surface area contributed by atoms with E-state index in [1.807, 2.05) is 0 Å². The molecule has 1 aliphatic heterocycles. The molecule has 1 amide bonds. The second kappa shape index (κ2) is 7.00. The predicted molar refractivity (Wildman–Crippen MR) is 74.6 cm³/mol. The largest absolute Gasteiger partial charge is 0.490 e. The van der Waals surface area contributed by atoms with Crippen molar-refractivity contribution in [3.05, 3.63) is 33.9 Å². The minimum Gasteiger partial charge on any atom is -0.490 e. The number of morpholine rings is 1. The molecule has 1 aromatic carbocycles. The summed E-state index contributed by atoms with van der Waals surface area (Å²) < 4.78 is 10.2. The third-order valence-electron chi connectivity index (χ3n) is 3.15. The molecule has 0 bridgehead atoms. The van der Waals surface area contributed by atoms with E-state index in [4.69, 9.17) is 9.47 Å². The van der Waals surface area contributed by atoms with E-state index in [0.29, 0.717) is 25.3 Å². The van der Waals surface area contributed by atoms with Crippen LogP contribution in [0.2, 0.25) is 0 Å². The summed E-state index contributed by atoms with van der Waals surface area (Å²) in [5.74, 6) is -0.248. The summed E-state index contributed by atoms with van der Waals surface area (Å²) in [5.41, 5.74) is 0.144. The van der Waals surface area contributed by atoms with Crippen LogP contribution in [-0.2, 0) is 4.74 Å². The van der Waals surface area contributed by atoms with E-state index in [1.54, 1.807) is 0 Å². The smallest absolute Gasteiger partial charge is 0.310 e. The first kappa shape index (κ1) is 15.2. The standard InChI is InChI=1S/C13H17N3O5/c1-20-12-6-9(2-3-11(12)16(18)19)13(17)15-7-10-8-21-5-4-14-10/h2-3,6,10,14H,4-5,7-8H2,1H3,(H,15,17). The molecule has 1 atom stereocenters. The highest BCUT2D eigenvalue weighted by Gasteiger charge is 2.18. The van der Waals surface area contributed by atoms with Crippen LogP contribution >= 0.6 is 0 Å². The molecule has 0 radical (unpaired) electrons. The molecule has 2 N–H and O–H groups in total. The molecule has 21 heavy (non-hydrogen) atoms. The Bertz CT molecular complexity index is 529. The number of rotatable bonds is 5. The average Bonchev–Trinajstić information content (AvgIpc) is 2.52. The number of nitro benzene ring substituents is 1. The molecule has 8 nitrogen and oxygen atoms in total. The Kier molecular flexibility index (Phi) is 5.07. The van der Waals surface area contributed by atoms with Crippen molar-refractivity contribution >= 4 is 11.6 Å². The van der Waals surface area contributed by atoms with Crippen LogP contribution < -0.4 is 15.4 Å². The van der Waals surface area contributed by atoms with Crippen LogP contribution in [0.25, 0.3) is 0 Å². The number of methoxy groups -OCH3 is 1. The van der Waals surface area contributed by atoms with E-state index in [9.17, 15) is 14.9 Å². The van der Waals surface area contributed by atoms with Gasteiger partial charge in [0.1, 0.15) is 0 Å². The van der Waals surface area contributed by atoms with Crippen LogP contribution in [0, 0.1) is 10.1 Å². The first-order valence-corrected chi connectivity index (χ1v) is 6.53. The molecule has 2 rings (SSSR count). The van der Waals surface area contributed by atoms with Gasteiger partial charge in [-0.1, -0.05) is 0 Å². The summed E-state index contributed by atoms with van der Waals surface area (Å²) in [4.78, 5) is 22.3. The Hall–Kier alpha value is -2.19. The third kappa shape index (κ3) is 3.89. The highest BCUT2D eigenvalue weighted by Crippen LogP contribution is 2.27. The Balaban J connectivity index is 2.00. The van der Waals surface area contributed by atoms with Gasteiger partial charge in [-0.2, -0.15) is 0 Å². The van der Waals surface area contributed by atoms with E-state index < -0.39 is 4.92 Å². The van der Waals surface area contributed by atoms with E-state index in [-0.39, 0.29) is 23.4 Å². The van der Waals surface area contributed by atoms with Gasteiger partial charge >= 0.3 is 5.69 Å². The van der Waals surface area contributed by atoms with E-state index in [1.165, 1.54) is 25.3 Å². The highest BCUT2D eigenvalue weighted by molar-refractivity contribution is 5.95. The van der Waals surface area contributed by atoms with Crippen molar-refractivity contribution in [3.63, 3.8) is 0 Å². The molecule has 1 unspecified atom stereocenters. The van der Waals surface area contributed by atoms with E-state index in [2.05, 4.69) is 10.6 Å². The van der Waals surface area contributed by atoms with Gasteiger partial charge in [-0.25, -0.2) is 0 Å². The van der Waals surface area contributed by atoms with Crippen molar-refractivity contribution in [1.29, 1.82) is 0 Å². The second-order valence-electron chi connectivity index (χ2n) is 4.58. The van der Waals surface area contributed by atoms with Crippen LogP contribution in [0.4, 0.5) is 5.69 Å². The maximum Gasteiger partial charge on any atom is 0.310 e. The Labute approximate surface area is 121 Å². The summed E-state index contributed by atoms with van der Waals surface area (Å²) in [5, 5.41) is 16.8. The van der Waals surface area contributed by atoms with E-state index >= 15 is 0 Å². The Morgan fingerprint density at radius 3 is 3.05 bits per heavy atom. The monoisotopic (exact) mass is 295 g/mol. The number of nitro groups is 1. The van der Waals surface area contributed by atoms with Gasteiger partial charge in [0.2, 0.25) is 0 Å². The number of hydrogen-bond acceptors (Lipinski definition) is 6. The van der Waals surface area contributed by atoms with Crippen molar-refractivity contribution in [2.45, 2.75) is 6.04 Å². The molecule has 1 aromatic rings. The molecule has 1 aliphatic rings. The number of carbonyl (C=O) groups excluding carboxylic acids is 1. The molecular formula is C13H17N3O5. The van der Waals surface area contributed by atoms with Gasteiger partial charge in [-0.3, -0.25) is 14.9 Å². The van der Waals surface area contributed by atoms with Gasteiger partial charge in [-0.05, 0) is 6.07 Å². The summed E-state index contributed by atoms with van der Waals surface area (Å²) in [6.45, 7) is 2.40. The second-order valence-corrected chi connectivity index (χ2v) is 4.58. The van der Waals surface area contributed by atoms with Gasteiger partial charge in [0.05, 0.1) is 25.2 Å². The first-order chi connectivity index (χ1) is 10.1. The zero-order valence-electron chi connectivity index (χ0n) is 11.6. The van der Waals surface area contributed by atoms with Crippen molar-refractivity contribution in [2.24, 2.45) is 0 Å². The molecule has 0 aliphatic carbocycles. The minimum atomic E-state index is -0.552. The van der Waals surface area contributed by atoms with Crippen LogP contribution in [0.1, 0.15) is 10.4 Å². The van der Waals surface area contributed by atoms with Gasteiger partial charge in [0, 0.05) is 36.8 Å². The van der Waals surface area contributed by atoms with Crippen molar-refractivity contribution in [3.8, 4) is 5.75 Å². The van der Waals surface area contributed by atoms with Crippen LogP contribution in [-0.4, -0.2) is 50.3 Å². The lowest BCUT2D eigenvalue weighted by Gasteiger charge is -2.23. The molecule has 1 saturated heterocycles. The predicted octanol–water partition coefficient (Wildman–Crippen LogP) is 0.322. The fourth-order valence-corrected chi connectivity index (χ4v) is 2.04. The highest BCUT2D eigenvalue weighted by atomic mass is 16.6. The molecule has 8 heteroatoms. The number of ether oxygens (including phenoxy) is 2. The third-order valence-corrected chi connectivity index (χ3v) is 3.15. The maximum atomic E-state index is 12.0. The SMILES string of the molecule is COc1cc(C(=O)NCC2COCCN2)ccc1[N+](=O)[O-]. The molecule has 1 fully saturated rings. The number of nitrogens with zero attached hydrogens (tertiary/aromatic N) is 1. The summed E-state index contributed by atoms with van der Waals surface area (Å²) in [6, 6.07) is 4.09. The Morgan fingerprint density at radius 2 is 2.43 bits per heavy atom. The fourth-order valence-electron chi connectivity index (χ4n) is 2.04. The minimum absolute atomic E-state index is 0.0618. The summed E-state index contributed by atoms with van der Waals surface area (Å²) >= 11 is 0. The lowest BCUT2D eigenvalue weighted by atomic mass is 10.1.